The zero-order valence-corrected chi connectivity index (χ0v) is 11.0. The first-order chi connectivity index (χ1) is 8.42. The number of aliphatic hydroxyl groups is 1. The molecule has 0 saturated heterocycles. The molecular formula is C12H17NO4S. The van der Waals surface area contributed by atoms with Crippen molar-refractivity contribution in [3.63, 3.8) is 0 Å². The van der Waals surface area contributed by atoms with E-state index in [4.69, 9.17) is 5.11 Å². The molecule has 0 fully saturated rings. The van der Waals surface area contributed by atoms with Crippen molar-refractivity contribution in [1.82, 2.24) is 5.32 Å². The fourth-order valence-electron chi connectivity index (χ4n) is 1.32. The van der Waals surface area contributed by atoms with Crippen LogP contribution in [-0.2, 0) is 14.6 Å². The van der Waals surface area contributed by atoms with E-state index in [-0.39, 0.29) is 29.5 Å². The van der Waals surface area contributed by atoms with Crippen LogP contribution in [0.3, 0.4) is 0 Å². The van der Waals surface area contributed by atoms with Crippen LogP contribution in [0.4, 0.5) is 0 Å². The summed E-state index contributed by atoms with van der Waals surface area (Å²) in [7, 11) is -3.42. The van der Waals surface area contributed by atoms with Gasteiger partial charge in [0, 0.05) is 13.0 Å². The van der Waals surface area contributed by atoms with Crippen molar-refractivity contribution >= 4 is 15.7 Å². The number of hydrogen-bond donors (Lipinski definition) is 2. The lowest BCUT2D eigenvalue weighted by Gasteiger charge is -2.07. The minimum atomic E-state index is -3.42. The average molecular weight is 271 g/mol. The molecule has 0 aliphatic rings. The van der Waals surface area contributed by atoms with Crippen molar-refractivity contribution in [2.45, 2.75) is 24.3 Å². The lowest BCUT2D eigenvalue weighted by molar-refractivity contribution is -0.121. The number of amides is 1. The molecule has 1 atom stereocenters. The zero-order valence-electron chi connectivity index (χ0n) is 10.2. The number of sulfone groups is 1. The second-order valence-electron chi connectivity index (χ2n) is 4.04. The number of rotatable bonds is 6. The molecule has 18 heavy (non-hydrogen) atoms. The van der Waals surface area contributed by atoms with Crippen LogP contribution in [0.25, 0.3) is 0 Å². The van der Waals surface area contributed by atoms with E-state index in [1.54, 1.807) is 25.1 Å². The van der Waals surface area contributed by atoms with E-state index in [1.807, 2.05) is 0 Å². The van der Waals surface area contributed by atoms with Gasteiger partial charge in [0.05, 0.1) is 16.8 Å². The van der Waals surface area contributed by atoms with Gasteiger partial charge in [0.1, 0.15) is 0 Å². The Labute approximate surface area is 107 Å². The molecule has 0 bridgehead atoms. The molecule has 6 heteroatoms. The molecule has 1 aromatic rings. The van der Waals surface area contributed by atoms with E-state index in [1.165, 1.54) is 12.1 Å². The minimum Gasteiger partial charge on any atom is -0.392 e. The molecule has 0 unspecified atom stereocenters. The summed E-state index contributed by atoms with van der Waals surface area (Å²) in [4.78, 5) is 11.6. The fraction of sp³-hybridized carbons (Fsp3) is 0.417. The standard InChI is InChI=1S/C12H17NO4S/c1-10(14)9-13-12(15)7-8-18(16,17)11-5-3-2-4-6-11/h2-6,10,14H,7-9H2,1H3,(H,13,15)/t10-/m1/s1. The predicted octanol–water partition coefficient (Wildman–Crippen LogP) is 0.347. The number of aliphatic hydroxyl groups excluding tert-OH is 1. The van der Waals surface area contributed by atoms with Crippen molar-refractivity contribution in [1.29, 1.82) is 0 Å². The Morgan fingerprint density at radius 3 is 2.50 bits per heavy atom. The largest absolute Gasteiger partial charge is 0.392 e. The van der Waals surface area contributed by atoms with Gasteiger partial charge in [0.15, 0.2) is 9.84 Å². The van der Waals surface area contributed by atoms with Gasteiger partial charge >= 0.3 is 0 Å². The number of nitrogens with one attached hydrogen (secondary N) is 1. The number of benzene rings is 1. The molecule has 1 rings (SSSR count). The van der Waals surface area contributed by atoms with E-state index < -0.39 is 15.9 Å². The van der Waals surface area contributed by atoms with Crippen LogP contribution in [-0.4, -0.2) is 37.8 Å². The third-order valence-electron chi connectivity index (χ3n) is 2.29. The van der Waals surface area contributed by atoms with Crippen molar-refractivity contribution in [3.05, 3.63) is 30.3 Å². The summed E-state index contributed by atoms with van der Waals surface area (Å²) in [5.74, 6) is -0.613. The van der Waals surface area contributed by atoms with Crippen LogP contribution in [0.2, 0.25) is 0 Å². The van der Waals surface area contributed by atoms with Gasteiger partial charge in [-0.25, -0.2) is 8.42 Å². The monoisotopic (exact) mass is 271 g/mol. The van der Waals surface area contributed by atoms with E-state index in [0.717, 1.165) is 0 Å². The van der Waals surface area contributed by atoms with Crippen LogP contribution in [0.15, 0.2) is 35.2 Å². The molecule has 0 aromatic heterocycles. The Hall–Kier alpha value is -1.40. The number of hydrogen-bond acceptors (Lipinski definition) is 4. The highest BCUT2D eigenvalue weighted by Crippen LogP contribution is 2.10. The van der Waals surface area contributed by atoms with Gasteiger partial charge in [-0.05, 0) is 19.1 Å². The topological polar surface area (TPSA) is 83.5 Å². The third-order valence-corrected chi connectivity index (χ3v) is 4.03. The lowest BCUT2D eigenvalue weighted by Crippen LogP contribution is -2.31. The van der Waals surface area contributed by atoms with Crippen LogP contribution in [0, 0.1) is 0 Å². The fourth-order valence-corrected chi connectivity index (χ4v) is 2.58. The Morgan fingerprint density at radius 2 is 1.94 bits per heavy atom. The molecule has 0 heterocycles. The van der Waals surface area contributed by atoms with E-state index in [0.29, 0.717) is 0 Å². The summed E-state index contributed by atoms with van der Waals surface area (Å²) < 4.78 is 23.7. The second kappa shape index (κ2) is 6.51. The van der Waals surface area contributed by atoms with Crippen molar-refractivity contribution in [3.8, 4) is 0 Å². The maximum atomic E-state index is 11.8. The Kier molecular flexibility index (Phi) is 5.30. The van der Waals surface area contributed by atoms with Gasteiger partial charge in [0.2, 0.25) is 5.91 Å². The lowest BCUT2D eigenvalue weighted by atomic mass is 10.4. The van der Waals surface area contributed by atoms with E-state index >= 15 is 0 Å². The van der Waals surface area contributed by atoms with Crippen molar-refractivity contribution in [2.75, 3.05) is 12.3 Å². The number of carbonyl (C=O) groups is 1. The average Bonchev–Trinajstić information content (AvgIpc) is 2.35. The quantitative estimate of drug-likeness (QED) is 0.782. The zero-order chi connectivity index (χ0) is 13.6. The van der Waals surface area contributed by atoms with Gasteiger partial charge in [0.25, 0.3) is 0 Å². The Morgan fingerprint density at radius 1 is 1.33 bits per heavy atom. The normalized spacial score (nSPS) is 13.0. The van der Waals surface area contributed by atoms with Crippen LogP contribution in [0.5, 0.6) is 0 Å². The smallest absolute Gasteiger partial charge is 0.221 e. The first-order valence-corrected chi connectivity index (χ1v) is 7.29. The van der Waals surface area contributed by atoms with Gasteiger partial charge in [-0.15, -0.1) is 0 Å². The van der Waals surface area contributed by atoms with E-state index in [2.05, 4.69) is 5.32 Å². The summed E-state index contributed by atoms with van der Waals surface area (Å²) in [5, 5.41) is 11.4. The highest BCUT2D eigenvalue weighted by atomic mass is 32.2. The van der Waals surface area contributed by atoms with Crippen LogP contribution >= 0.6 is 0 Å². The van der Waals surface area contributed by atoms with Gasteiger partial charge < -0.3 is 10.4 Å². The Bertz CT molecular complexity index is 482. The van der Waals surface area contributed by atoms with Gasteiger partial charge in [-0.1, -0.05) is 18.2 Å². The maximum Gasteiger partial charge on any atom is 0.221 e. The molecule has 0 radical (unpaired) electrons. The maximum absolute atomic E-state index is 11.8. The summed E-state index contributed by atoms with van der Waals surface area (Å²) in [6, 6.07) is 8.02. The summed E-state index contributed by atoms with van der Waals surface area (Å²) in [6.45, 7) is 1.67. The summed E-state index contributed by atoms with van der Waals surface area (Å²) >= 11 is 0. The molecule has 0 aliphatic heterocycles. The van der Waals surface area contributed by atoms with Crippen molar-refractivity contribution < 1.29 is 18.3 Å². The first-order valence-electron chi connectivity index (χ1n) is 5.64. The SMILES string of the molecule is C[C@@H](O)CNC(=O)CCS(=O)(=O)c1ccccc1. The van der Waals surface area contributed by atoms with Crippen LogP contribution in [0.1, 0.15) is 13.3 Å². The highest BCUT2D eigenvalue weighted by Gasteiger charge is 2.15. The minimum absolute atomic E-state index is 0.107. The molecule has 0 aliphatic carbocycles. The highest BCUT2D eigenvalue weighted by molar-refractivity contribution is 7.91. The van der Waals surface area contributed by atoms with Crippen LogP contribution < -0.4 is 5.32 Å². The second-order valence-corrected chi connectivity index (χ2v) is 6.14. The molecule has 1 aromatic carbocycles. The molecule has 0 spiro atoms. The molecular weight excluding hydrogens is 254 g/mol. The van der Waals surface area contributed by atoms with Crippen molar-refractivity contribution in [2.24, 2.45) is 0 Å². The molecule has 5 nitrogen and oxygen atoms in total. The molecule has 2 N–H and O–H groups in total. The van der Waals surface area contributed by atoms with E-state index in [9.17, 15) is 13.2 Å². The molecule has 0 saturated carbocycles. The predicted molar refractivity (Wildman–Crippen MR) is 67.8 cm³/mol. The van der Waals surface area contributed by atoms with Gasteiger partial charge in [-0.2, -0.15) is 0 Å². The molecule has 100 valence electrons. The number of carbonyl (C=O) groups excluding carboxylic acids is 1. The third kappa shape index (κ3) is 4.85. The summed E-state index contributed by atoms with van der Waals surface area (Å²) in [5.41, 5.74) is 0. The Balaban J connectivity index is 2.51. The van der Waals surface area contributed by atoms with Gasteiger partial charge in [-0.3, -0.25) is 4.79 Å². The molecule has 1 amide bonds. The summed E-state index contributed by atoms with van der Waals surface area (Å²) in [6.07, 6.45) is -0.746. The first kappa shape index (κ1) is 14.7.